The molecule has 7 heteroatoms. The molecule has 0 aliphatic carbocycles. The minimum atomic E-state index is -0.947. The first-order chi connectivity index (χ1) is 9.70. The fraction of sp³-hybridized carbons (Fsp3) is 0.385. The lowest BCUT2D eigenvalue weighted by Crippen LogP contribution is -2.31. The van der Waals surface area contributed by atoms with Gasteiger partial charge in [-0.15, -0.1) is 11.3 Å². The standard InChI is InChI=1S/C13H15N3O3S/c1-19-8-9-2-4-15(5-3-9)11-10(12(17)18)16-6-7-20-13(16)14-11/h2,6-7H,3-5,8H2,1H3,(H,17,18). The molecule has 0 saturated heterocycles. The summed E-state index contributed by atoms with van der Waals surface area (Å²) in [5, 5.41) is 11.3. The van der Waals surface area contributed by atoms with Crippen LogP contribution in [0, 0.1) is 0 Å². The first-order valence-corrected chi connectivity index (χ1v) is 7.19. The van der Waals surface area contributed by atoms with E-state index >= 15 is 0 Å². The highest BCUT2D eigenvalue weighted by molar-refractivity contribution is 7.15. The number of aromatic nitrogens is 2. The molecule has 3 rings (SSSR count). The summed E-state index contributed by atoms with van der Waals surface area (Å²) in [5.74, 6) is -0.394. The number of anilines is 1. The normalized spacial score (nSPS) is 15.7. The molecule has 0 aromatic carbocycles. The summed E-state index contributed by atoms with van der Waals surface area (Å²) in [7, 11) is 1.68. The van der Waals surface area contributed by atoms with E-state index in [9.17, 15) is 9.90 Å². The molecule has 1 aliphatic rings. The van der Waals surface area contributed by atoms with E-state index < -0.39 is 5.97 Å². The quantitative estimate of drug-likeness (QED) is 0.872. The van der Waals surface area contributed by atoms with Gasteiger partial charge in [0, 0.05) is 31.8 Å². The van der Waals surface area contributed by atoms with Crippen LogP contribution < -0.4 is 4.90 Å². The summed E-state index contributed by atoms with van der Waals surface area (Å²) in [6.07, 6.45) is 4.71. The molecule has 2 aromatic heterocycles. The van der Waals surface area contributed by atoms with Gasteiger partial charge < -0.3 is 14.7 Å². The van der Waals surface area contributed by atoms with Gasteiger partial charge in [-0.25, -0.2) is 9.78 Å². The highest BCUT2D eigenvalue weighted by atomic mass is 32.1. The Morgan fingerprint density at radius 3 is 3.10 bits per heavy atom. The zero-order chi connectivity index (χ0) is 14.1. The first kappa shape index (κ1) is 13.1. The Labute approximate surface area is 119 Å². The van der Waals surface area contributed by atoms with E-state index in [4.69, 9.17) is 4.74 Å². The molecule has 106 valence electrons. The van der Waals surface area contributed by atoms with Crippen LogP contribution in [-0.2, 0) is 4.74 Å². The molecular weight excluding hydrogens is 278 g/mol. The van der Waals surface area contributed by atoms with Gasteiger partial charge in [0.15, 0.2) is 16.5 Å². The molecule has 0 amide bonds. The molecule has 0 fully saturated rings. The van der Waals surface area contributed by atoms with E-state index in [0.29, 0.717) is 23.9 Å². The van der Waals surface area contributed by atoms with Gasteiger partial charge in [0.1, 0.15) is 0 Å². The molecule has 0 spiro atoms. The maximum Gasteiger partial charge on any atom is 0.356 e. The molecule has 0 unspecified atom stereocenters. The third-order valence-corrected chi connectivity index (χ3v) is 4.14. The average Bonchev–Trinajstić information content (AvgIpc) is 2.99. The Morgan fingerprint density at radius 1 is 1.60 bits per heavy atom. The van der Waals surface area contributed by atoms with Crippen molar-refractivity contribution in [3.05, 3.63) is 28.9 Å². The van der Waals surface area contributed by atoms with Gasteiger partial charge in [-0.1, -0.05) is 6.08 Å². The molecule has 1 aliphatic heterocycles. The number of thiazole rings is 1. The monoisotopic (exact) mass is 293 g/mol. The van der Waals surface area contributed by atoms with Crippen molar-refractivity contribution in [1.29, 1.82) is 0 Å². The largest absolute Gasteiger partial charge is 0.476 e. The number of carboxylic acid groups (broad SMARTS) is 1. The predicted molar refractivity (Wildman–Crippen MR) is 76.8 cm³/mol. The Kier molecular flexibility index (Phi) is 3.45. The molecule has 6 nitrogen and oxygen atoms in total. The number of ether oxygens (including phenoxy) is 1. The Morgan fingerprint density at radius 2 is 2.45 bits per heavy atom. The number of imidazole rings is 1. The smallest absolute Gasteiger partial charge is 0.356 e. The van der Waals surface area contributed by atoms with Crippen molar-refractivity contribution in [2.75, 3.05) is 31.7 Å². The van der Waals surface area contributed by atoms with Gasteiger partial charge in [0.25, 0.3) is 0 Å². The van der Waals surface area contributed by atoms with E-state index in [1.54, 1.807) is 17.7 Å². The minimum absolute atomic E-state index is 0.241. The average molecular weight is 293 g/mol. The lowest BCUT2D eigenvalue weighted by Gasteiger charge is -2.26. The van der Waals surface area contributed by atoms with Crippen LogP contribution in [0.1, 0.15) is 16.9 Å². The van der Waals surface area contributed by atoms with E-state index in [1.165, 1.54) is 16.9 Å². The topological polar surface area (TPSA) is 67.1 Å². The highest BCUT2D eigenvalue weighted by Crippen LogP contribution is 2.26. The lowest BCUT2D eigenvalue weighted by atomic mass is 10.1. The Bertz CT molecular complexity index is 674. The summed E-state index contributed by atoms with van der Waals surface area (Å²) in [4.78, 5) is 18.7. The molecule has 3 heterocycles. The summed E-state index contributed by atoms with van der Waals surface area (Å²) in [6.45, 7) is 2.07. The van der Waals surface area contributed by atoms with E-state index in [0.717, 1.165) is 13.0 Å². The van der Waals surface area contributed by atoms with E-state index in [2.05, 4.69) is 11.1 Å². The summed E-state index contributed by atoms with van der Waals surface area (Å²) in [5.41, 5.74) is 1.49. The number of nitrogens with zero attached hydrogens (tertiary/aromatic N) is 3. The number of carbonyl (C=O) groups is 1. The fourth-order valence-corrected chi connectivity index (χ4v) is 3.12. The van der Waals surface area contributed by atoms with Gasteiger partial charge in [-0.05, 0) is 12.0 Å². The zero-order valence-corrected chi connectivity index (χ0v) is 11.9. The third kappa shape index (κ3) is 2.19. The van der Waals surface area contributed by atoms with Crippen LogP contribution >= 0.6 is 11.3 Å². The van der Waals surface area contributed by atoms with Crippen LogP contribution in [0.3, 0.4) is 0 Å². The summed E-state index contributed by atoms with van der Waals surface area (Å²) in [6, 6.07) is 0. The molecule has 0 bridgehead atoms. The number of fused-ring (bicyclic) bond motifs is 1. The molecule has 1 N–H and O–H groups in total. The van der Waals surface area contributed by atoms with Crippen LogP contribution in [0.2, 0.25) is 0 Å². The number of hydrogen-bond acceptors (Lipinski definition) is 5. The van der Waals surface area contributed by atoms with Crippen molar-refractivity contribution in [3.63, 3.8) is 0 Å². The van der Waals surface area contributed by atoms with Gasteiger partial charge in [-0.2, -0.15) is 0 Å². The van der Waals surface area contributed by atoms with Crippen LogP contribution in [0.15, 0.2) is 23.2 Å². The van der Waals surface area contributed by atoms with E-state index in [-0.39, 0.29) is 5.69 Å². The zero-order valence-electron chi connectivity index (χ0n) is 11.1. The fourth-order valence-electron chi connectivity index (χ4n) is 2.41. The maximum atomic E-state index is 11.5. The Balaban J connectivity index is 1.93. The molecule has 20 heavy (non-hydrogen) atoms. The molecule has 0 radical (unpaired) electrons. The van der Waals surface area contributed by atoms with Gasteiger partial charge in [-0.3, -0.25) is 4.40 Å². The van der Waals surface area contributed by atoms with E-state index in [1.807, 2.05) is 10.3 Å². The van der Waals surface area contributed by atoms with Crippen molar-refractivity contribution in [2.45, 2.75) is 6.42 Å². The molecule has 0 atom stereocenters. The van der Waals surface area contributed by atoms with Crippen molar-refractivity contribution < 1.29 is 14.6 Å². The summed E-state index contributed by atoms with van der Waals surface area (Å²) >= 11 is 1.44. The van der Waals surface area contributed by atoms with Gasteiger partial charge in [0.2, 0.25) is 0 Å². The number of aromatic carboxylic acids is 1. The minimum Gasteiger partial charge on any atom is -0.476 e. The molecule has 2 aromatic rings. The maximum absolute atomic E-state index is 11.5. The number of hydrogen-bond donors (Lipinski definition) is 1. The second-order valence-corrected chi connectivity index (χ2v) is 5.51. The van der Waals surface area contributed by atoms with Crippen LogP contribution in [-0.4, -0.2) is 47.3 Å². The number of carboxylic acids is 1. The van der Waals surface area contributed by atoms with Crippen molar-refractivity contribution in [3.8, 4) is 0 Å². The van der Waals surface area contributed by atoms with Gasteiger partial charge in [0.05, 0.1) is 6.61 Å². The van der Waals surface area contributed by atoms with Crippen LogP contribution in [0.4, 0.5) is 5.82 Å². The van der Waals surface area contributed by atoms with Crippen molar-refractivity contribution >= 4 is 28.1 Å². The summed E-state index contributed by atoms with van der Waals surface area (Å²) < 4.78 is 6.76. The Hall–Kier alpha value is -1.86. The first-order valence-electron chi connectivity index (χ1n) is 6.31. The second kappa shape index (κ2) is 5.26. The van der Waals surface area contributed by atoms with Crippen LogP contribution in [0.5, 0.6) is 0 Å². The second-order valence-electron chi connectivity index (χ2n) is 4.64. The molecular formula is C13H15N3O3S. The molecule has 0 saturated carbocycles. The number of rotatable bonds is 4. The highest BCUT2D eigenvalue weighted by Gasteiger charge is 2.24. The third-order valence-electron chi connectivity index (χ3n) is 3.38. The van der Waals surface area contributed by atoms with Crippen LogP contribution in [0.25, 0.3) is 4.96 Å². The van der Waals surface area contributed by atoms with Crippen molar-refractivity contribution in [1.82, 2.24) is 9.38 Å². The lowest BCUT2D eigenvalue weighted by molar-refractivity contribution is 0.0690. The van der Waals surface area contributed by atoms with Gasteiger partial charge >= 0.3 is 5.97 Å². The predicted octanol–water partition coefficient (Wildman–Crippen LogP) is 1.88. The van der Waals surface area contributed by atoms with Crippen molar-refractivity contribution in [2.24, 2.45) is 0 Å². The SMILES string of the molecule is COCC1=CCN(c2nc3sccn3c2C(=O)O)CC1. The number of methoxy groups -OCH3 is 1.